The third-order valence-electron chi connectivity index (χ3n) is 2.93. The quantitative estimate of drug-likeness (QED) is 0.825. The summed E-state index contributed by atoms with van der Waals surface area (Å²) in [5.74, 6) is 1.47. The molecule has 0 aliphatic carbocycles. The molecule has 20 heavy (non-hydrogen) atoms. The molecule has 1 aromatic rings. The molecule has 0 unspecified atom stereocenters. The van der Waals surface area contributed by atoms with Crippen LogP contribution in [0.15, 0.2) is 18.2 Å². The maximum absolute atomic E-state index is 12.1. The topological polar surface area (TPSA) is 50.8 Å². The largest absolute Gasteiger partial charge is 0.493 e. The van der Waals surface area contributed by atoms with Crippen LogP contribution < -0.4 is 14.8 Å². The number of nitrogens with zero attached hydrogens (tertiary/aromatic N) is 1. The highest BCUT2D eigenvalue weighted by atomic mass is 16.5. The van der Waals surface area contributed by atoms with E-state index in [4.69, 9.17) is 9.47 Å². The van der Waals surface area contributed by atoms with E-state index in [2.05, 4.69) is 17.1 Å². The molecular weight excluding hydrogens is 256 g/mol. The first-order valence-electron chi connectivity index (χ1n) is 6.62. The molecule has 0 saturated heterocycles. The Balaban J connectivity index is 2.64. The summed E-state index contributed by atoms with van der Waals surface area (Å²) < 4.78 is 10.3. The SMILES string of the molecule is COc1ccc(C(=O)NC[C@@H](C)CN(C)C)cc1OC. The fourth-order valence-corrected chi connectivity index (χ4v) is 2.03. The lowest BCUT2D eigenvalue weighted by atomic mass is 10.1. The van der Waals surface area contributed by atoms with E-state index in [0.717, 1.165) is 6.54 Å². The summed E-state index contributed by atoms with van der Waals surface area (Å²) in [6.07, 6.45) is 0. The van der Waals surface area contributed by atoms with Crippen LogP contribution in [0.25, 0.3) is 0 Å². The number of hydrogen-bond acceptors (Lipinski definition) is 4. The normalized spacial score (nSPS) is 12.1. The minimum atomic E-state index is -0.100. The monoisotopic (exact) mass is 280 g/mol. The minimum Gasteiger partial charge on any atom is -0.493 e. The molecule has 5 heteroatoms. The van der Waals surface area contributed by atoms with Crippen molar-refractivity contribution in [1.82, 2.24) is 10.2 Å². The molecule has 1 N–H and O–H groups in total. The predicted molar refractivity (Wildman–Crippen MR) is 79.6 cm³/mol. The molecule has 1 amide bonds. The summed E-state index contributed by atoms with van der Waals surface area (Å²) in [4.78, 5) is 14.2. The molecule has 1 atom stereocenters. The van der Waals surface area contributed by atoms with E-state index in [9.17, 15) is 4.79 Å². The van der Waals surface area contributed by atoms with Crippen molar-refractivity contribution in [1.29, 1.82) is 0 Å². The number of ether oxygens (including phenoxy) is 2. The second-order valence-electron chi connectivity index (χ2n) is 5.15. The van der Waals surface area contributed by atoms with E-state index >= 15 is 0 Å². The van der Waals surface area contributed by atoms with E-state index in [1.165, 1.54) is 0 Å². The van der Waals surface area contributed by atoms with Crippen LogP contribution in [0.2, 0.25) is 0 Å². The maximum atomic E-state index is 12.1. The molecule has 0 aromatic heterocycles. The van der Waals surface area contributed by atoms with Gasteiger partial charge in [0, 0.05) is 18.7 Å². The maximum Gasteiger partial charge on any atom is 0.251 e. The van der Waals surface area contributed by atoms with Gasteiger partial charge in [-0.1, -0.05) is 6.92 Å². The van der Waals surface area contributed by atoms with Crippen LogP contribution in [0.4, 0.5) is 0 Å². The van der Waals surface area contributed by atoms with Crippen LogP contribution in [0.1, 0.15) is 17.3 Å². The van der Waals surface area contributed by atoms with Gasteiger partial charge in [0.25, 0.3) is 5.91 Å². The lowest BCUT2D eigenvalue weighted by Crippen LogP contribution is -2.32. The van der Waals surface area contributed by atoms with Crippen molar-refractivity contribution in [3.63, 3.8) is 0 Å². The van der Waals surface area contributed by atoms with Gasteiger partial charge in [-0.2, -0.15) is 0 Å². The summed E-state index contributed by atoms with van der Waals surface area (Å²) in [6.45, 7) is 3.69. The van der Waals surface area contributed by atoms with Crippen molar-refractivity contribution in [3.8, 4) is 11.5 Å². The number of methoxy groups -OCH3 is 2. The third kappa shape index (κ3) is 4.74. The standard InChI is InChI=1S/C15H24N2O3/c1-11(10-17(2)3)9-16-15(18)12-6-7-13(19-4)14(8-12)20-5/h6-8,11H,9-10H2,1-5H3,(H,16,18)/t11-/m1/s1. The molecule has 0 heterocycles. The number of carbonyl (C=O) groups excluding carboxylic acids is 1. The fraction of sp³-hybridized carbons (Fsp3) is 0.533. The molecule has 1 aromatic carbocycles. The number of carbonyl (C=O) groups is 1. The highest BCUT2D eigenvalue weighted by molar-refractivity contribution is 5.94. The van der Waals surface area contributed by atoms with E-state index < -0.39 is 0 Å². The Bertz CT molecular complexity index is 447. The van der Waals surface area contributed by atoms with Crippen molar-refractivity contribution in [2.75, 3.05) is 41.4 Å². The van der Waals surface area contributed by atoms with Gasteiger partial charge >= 0.3 is 0 Å². The van der Waals surface area contributed by atoms with Gasteiger partial charge < -0.3 is 19.7 Å². The van der Waals surface area contributed by atoms with Crippen molar-refractivity contribution in [3.05, 3.63) is 23.8 Å². The zero-order valence-electron chi connectivity index (χ0n) is 12.9. The Hall–Kier alpha value is -1.75. The average Bonchev–Trinajstić information content (AvgIpc) is 2.43. The molecule has 112 valence electrons. The van der Waals surface area contributed by atoms with Gasteiger partial charge in [0.15, 0.2) is 11.5 Å². The second-order valence-corrected chi connectivity index (χ2v) is 5.15. The summed E-state index contributed by atoms with van der Waals surface area (Å²) in [5, 5.41) is 2.93. The lowest BCUT2D eigenvalue weighted by Gasteiger charge is -2.17. The fourth-order valence-electron chi connectivity index (χ4n) is 2.03. The highest BCUT2D eigenvalue weighted by Gasteiger charge is 2.12. The molecule has 0 fully saturated rings. The van der Waals surface area contributed by atoms with Crippen LogP contribution in [0, 0.1) is 5.92 Å². The minimum absolute atomic E-state index is 0.100. The first-order chi connectivity index (χ1) is 9.47. The first kappa shape index (κ1) is 16.3. The molecule has 5 nitrogen and oxygen atoms in total. The van der Waals surface area contributed by atoms with E-state index in [1.807, 2.05) is 14.1 Å². The van der Waals surface area contributed by atoms with Crippen LogP contribution in [-0.2, 0) is 0 Å². The highest BCUT2D eigenvalue weighted by Crippen LogP contribution is 2.27. The zero-order valence-corrected chi connectivity index (χ0v) is 12.9. The first-order valence-corrected chi connectivity index (χ1v) is 6.62. The molecule has 0 spiro atoms. The summed E-state index contributed by atoms with van der Waals surface area (Å²) >= 11 is 0. The van der Waals surface area contributed by atoms with Crippen LogP contribution >= 0.6 is 0 Å². The lowest BCUT2D eigenvalue weighted by molar-refractivity contribution is 0.0945. The van der Waals surface area contributed by atoms with Gasteiger partial charge in [0.1, 0.15) is 0 Å². The Morgan fingerprint density at radius 1 is 1.25 bits per heavy atom. The zero-order chi connectivity index (χ0) is 15.1. The summed E-state index contributed by atoms with van der Waals surface area (Å²) in [5.41, 5.74) is 0.569. The van der Waals surface area contributed by atoms with Crippen LogP contribution in [0.5, 0.6) is 11.5 Å². The molecule has 0 saturated carbocycles. The van der Waals surface area contributed by atoms with Crippen molar-refractivity contribution in [2.45, 2.75) is 6.92 Å². The second kappa shape index (κ2) is 7.75. The van der Waals surface area contributed by atoms with Crippen LogP contribution in [-0.4, -0.2) is 52.2 Å². The van der Waals surface area contributed by atoms with Gasteiger partial charge in [-0.05, 0) is 38.2 Å². The molecule has 0 aliphatic rings. The Morgan fingerprint density at radius 2 is 1.90 bits per heavy atom. The molecule has 0 aliphatic heterocycles. The van der Waals surface area contributed by atoms with Crippen molar-refractivity contribution >= 4 is 5.91 Å². The summed E-state index contributed by atoms with van der Waals surface area (Å²) in [7, 11) is 7.17. The molecule has 0 radical (unpaired) electrons. The number of benzene rings is 1. The van der Waals surface area contributed by atoms with Gasteiger partial charge in [0.05, 0.1) is 14.2 Å². The van der Waals surface area contributed by atoms with Crippen LogP contribution in [0.3, 0.4) is 0 Å². The van der Waals surface area contributed by atoms with E-state index in [-0.39, 0.29) is 5.91 Å². The predicted octanol–water partition coefficient (Wildman–Crippen LogP) is 1.63. The van der Waals surface area contributed by atoms with Gasteiger partial charge in [-0.25, -0.2) is 0 Å². The number of rotatable bonds is 7. The Labute approximate surface area is 120 Å². The van der Waals surface area contributed by atoms with Crippen molar-refractivity contribution in [2.24, 2.45) is 5.92 Å². The van der Waals surface area contributed by atoms with E-state index in [0.29, 0.717) is 29.5 Å². The molecule has 0 bridgehead atoms. The third-order valence-corrected chi connectivity index (χ3v) is 2.93. The van der Waals surface area contributed by atoms with Gasteiger partial charge in [-0.3, -0.25) is 4.79 Å². The van der Waals surface area contributed by atoms with E-state index in [1.54, 1.807) is 32.4 Å². The molecule has 1 rings (SSSR count). The van der Waals surface area contributed by atoms with Crippen molar-refractivity contribution < 1.29 is 14.3 Å². The number of nitrogens with one attached hydrogen (secondary N) is 1. The number of hydrogen-bond donors (Lipinski definition) is 1. The molecular formula is C15H24N2O3. The average molecular weight is 280 g/mol. The smallest absolute Gasteiger partial charge is 0.251 e. The number of amides is 1. The Morgan fingerprint density at radius 3 is 2.45 bits per heavy atom. The Kier molecular flexibility index (Phi) is 6.31. The summed E-state index contributed by atoms with van der Waals surface area (Å²) in [6, 6.07) is 5.15. The van der Waals surface area contributed by atoms with Gasteiger partial charge in [-0.15, -0.1) is 0 Å². The van der Waals surface area contributed by atoms with Gasteiger partial charge in [0.2, 0.25) is 0 Å².